The van der Waals surface area contributed by atoms with Gasteiger partial charge in [-0.25, -0.2) is 0 Å². The average molecular weight is 280 g/mol. The van der Waals surface area contributed by atoms with Crippen molar-refractivity contribution in [3.8, 4) is 23.6 Å². The lowest BCUT2D eigenvalue weighted by Gasteiger charge is -2.08. The normalized spacial score (nSPS) is 9.10. The lowest BCUT2D eigenvalue weighted by Crippen LogP contribution is -2.13. The van der Waals surface area contributed by atoms with Crippen molar-refractivity contribution in [3.63, 3.8) is 0 Å². The molecule has 0 unspecified atom stereocenters. The Bertz CT molecular complexity index is 633. The number of thiocarbonyl (C=S) groups is 1. The van der Waals surface area contributed by atoms with Crippen LogP contribution >= 0.6 is 12.2 Å². The smallest absolute Gasteiger partial charge is 0.363 e. The van der Waals surface area contributed by atoms with E-state index in [9.17, 15) is 0 Å². The molecule has 96 valence electrons. The van der Waals surface area contributed by atoms with Gasteiger partial charge in [-0.3, -0.25) is 0 Å². The third-order valence-corrected chi connectivity index (χ3v) is 2.54. The highest BCUT2D eigenvalue weighted by molar-refractivity contribution is 7.79. The Hall–Kier alpha value is -2.89. The summed E-state index contributed by atoms with van der Waals surface area (Å²) in [7, 11) is 0. The molecule has 2 rings (SSSR count). The molecule has 0 aliphatic carbocycles. The van der Waals surface area contributed by atoms with Gasteiger partial charge in [-0.15, -0.1) is 0 Å². The maximum Gasteiger partial charge on any atom is 0.363 e. The van der Waals surface area contributed by atoms with Crippen molar-refractivity contribution in [2.24, 2.45) is 0 Å². The molecule has 0 fully saturated rings. The van der Waals surface area contributed by atoms with Gasteiger partial charge < -0.3 is 9.47 Å². The van der Waals surface area contributed by atoms with Gasteiger partial charge in [0.15, 0.2) is 0 Å². The molecule has 0 aromatic heterocycles. The van der Waals surface area contributed by atoms with Crippen molar-refractivity contribution in [2.75, 3.05) is 0 Å². The van der Waals surface area contributed by atoms with E-state index in [1.54, 1.807) is 48.5 Å². The molecule has 0 saturated carbocycles. The van der Waals surface area contributed by atoms with Crippen LogP contribution < -0.4 is 9.47 Å². The monoisotopic (exact) mass is 280 g/mol. The minimum Gasteiger partial charge on any atom is -0.417 e. The van der Waals surface area contributed by atoms with E-state index in [0.29, 0.717) is 22.6 Å². The quantitative estimate of drug-likeness (QED) is 0.790. The van der Waals surface area contributed by atoms with Crippen molar-refractivity contribution in [3.05, 3.63) is 59.7 Å². The van der Waals surface area contributed by atoms with Gasteiger partial charge in [0.05, 0.1) is 23.3 Å². The molecular formula is C15H8N2O2S. The van der Waals surface area contributed by atoms with Gasteiger partial charge in [0.1, 0.15) is 11.5 Å². The van der Waals surface area contributed by atoms with Crippen LogP contribution in [0.1, 0.15) is 11.1 Å². The van der Waals surface area contributed by atoms with E-state index < -0.39 is 0 Å². The van der Waals surface area contributed by atoms with E-state index in [4.69, 9.17) is 32.2 Å². The van der Waals surface area contributed by atoms with E-state index in [1.807, 2.05) is 12.1 Å². The topological polar surface area (TPSA) is 66.0 Å². The molecule has 0 N–H and O–H groups in total. The molecule has 2 aromatic rings. The molecular weight excluding hydrogens is 272 g/mol. The fourth-order valence-corrected chi connectivity index (χ4v) is 1.60. The zero-order chi connectivity index (χ0) is 14.4. The SMILES string of the molecule is N#Cc1ccc(OC(=S)Oc2ccc(C#N)cc2)cc1. The highest BCUT2D eigenvalue weighted by Crippen LogP contribution is 2.15. The number of benzene rings is 2. The summed E-state index contributed by atoms with van der Waals surface area (Å²) in [6, 6.07) is 17.1. The first-order chi connectivity index (χ1) is 9.71. The van der Waals surface area contributed by atoms with Crippen LogP contribution in [-0.4, -0.2) is 5.24 Å². The van der Waals surface area contributed by atoms with Crippen LogP contribution in [0.25, 0.3) is 0 Å². The van der Waals surface area contributed by atoms with Gasteiger partial charge in [0.2, 0.25) is 0 Å². The summed E-state index contributed by atoms with van der Waals surface area (Å²) < 4.78 is 10.6. The Labute approximate surface area is 121 Å². The van der Waals surface area contributed by atoms with Gasteiger partial charge in [-0.05, 0) is 48.5 Å². The Balaban J connectivity index is 1.97. The predicted molar refractivity (Wildman–Crippen MR) is 76.2 cm³/mol. The predicted octanol–water partition coefficient (Wildman–Crippen LogP) is 3.17. The molecule has 0 saturated heterocycles. The number of nitrogens with zero attached hydrogens (tertiary/aromatic N) is 2. The second-order valence-electron chi connectivity index (χ2n) is 3.73. The first-order valence-corrected chi connectivity index (χ1v) is 6.02. The van der Waals surface area contributed by atoms with Crippen LogP contribution in [0.5, 0.6) is 11.5 Å². The fourth-order valence-electron chi connectivity index (χ4n) is 1.41. The molecule has 5 heteroatoms. The van der Waals surface area contributed by atoms with Gasteiger partial charge in [0, 0.05) is 12.2 Å². The van der Waals surface area contributed by atoms with Crippen LogP contribution in [-0.2, 0) is 0 Å². The van der Waals surface area contributed by atoms with Crippen molar-refractivity contribution in [1.82, 2.24) is 0 Å². The lowest BCUT2D eigenvalue weighted by atomic mass is 10.2. The summed E-state index contributed by atoms with van der Waals surface area (Å²) in [5.74, 6) is 0.977. The highest BCUT2D eigenvalue weighted by Gasteiger charge is 2.04. The van der Waals surface area contributed by atoms with Gasteiger partial charge in [0.25, 0.3) is 0 Å². The molecule has 2 aromatic carbocycles. The summed E-state index contributed by atoms with van der Waals surface area (Å²) in [4.78, 5) is 0. The highest BCUT2D eigenvalue weighted by atomic mass is 32.1. The Morgan fingerprint density at radius 2 is 1.10 bits per heavy atom. The molecule has 0 radical (unpaired) electrons. The first kappa shape index (κ1) is 13.5. The minimum atomic E-state index is -0.0561. The van der Waals surface area contributed by atoms with Gasteiger partial charge >= 0.3 is 5.24 Å². The molecule has 20 heavy (non-hydrogen) atoms. The summed E-state index contributed by atoms with van der Waals surface area (Å²) in [5, 5.41) is 17.3. The van der Waals surface area contributed by atoms with Crippen LogP contribution in [0.3, 0.4) is 0 Å². The first-order valence-electron chi connectivity index (χ1n) is 5.61. The second-order valence-corrected chi connectivity index (χ2v) is 4.06. The van der Waals surface area contributed by atoms with Crippen molar-refractivity contribution >= 4 is 17.5 Å². The van der Waals surface area contributed by atoms with E-state index in [-0.39, 0.29) is 5.24 Å². The van der Waals surface area contributed by atoms with Gasteiger partial charge in [-0.1, -0.05) is 0 Å². The van der Waals surface area contributed by atoms with Crippen LogP contribution in [0.15, 0.2) is 48.5 Å². The summed E-state index contributed by atoms with van der Waals surface area (Å²) in [5.41, 5.74) is 1.08. The van der Waals surface area contributed by atoms with Crippen molar-refractivity contribution in [2.45, 2.75) is 0 Å². The zero-order valence-corrected chi connectivity index (χ0v) is 11.1. The summed E-state index contributed by atoms with van der Waals surface area (Å²) in [6.07, 6.45) is 0. The van der Waals surface area contributed by atoms with E-state index in [2.05, 4.69) is 0 Å². The average Bonchev–Trinajstić information content (AvgIpc) is 2.49. The number of rotatable bonds is 2. The van der Waals surface area contributed by atoms with Crippen molar-refractivity contribution < 1.29 is 9.47 Å². The third kappa shape index (κ3) is 3.55. The number of hydrogen-bond donors (Lipinski definition) is 0. The van der Waals surface area contributed by atoms with Gasteiger partial charge in [-0.2, -0.15) is 10.5 Å². The fraction of sp³-hybridized carbons (Fsp3) is 0. The zero-order valence-electron chi connectivity index (χ0n) is 10.2. The van der Waals surface area contributed by atoms with Crippen LogP contribution in [0, 0.1) is 22.7 Å². The summed E-state index contributed by atoms with van der Waals surface area (Å²) in [6.45, 7) is 0. The largest absolute Gasteiger partial charge is 0.417 e. The molecule has 0 atom stereocenters. The third-order valence-electron chi connectivity index (χ3n) is 2.37. The van der Waals surface area contributed by atoms with Crippen molar-refractivity contribution in [1.29, 1.82) is 10.5 Å². The number of nitriles is 2. The lowest BCUT2D eigenvalue weighted by molar-refractivity contribution is 0.403. The maximum atomic E-state index is 8.68. The molecule has 0 aliphatic rings. The second kappa shape index (κ2) is 6.33. The molecule has 4 nitrogen and oxygen atoms in total. The standard InChI is InChI=1S/C15H8N2O2S/c16-9-11-1-5-13(6-2-11)18-15(20)19-14-7-3-12(10-17)4-8-14/h1-8H. The molecule has 0 spiro atoms. The van der Waals surface area contributed by atoms with E-state index >= 15 is 0 Å². The van der Waals surface area contributed by atoms with E-state index in [1.165, 1.54) is 0 Å². The molecule has 0 aliphatic heterocycles. The number of hydrogen-bond acceptors (Lipinski definition) is 5. The maximum absolute atomic E-state index is 8.68. The molecule has 0 bridgehead atoms. The van der Waals surface area contributed by atoms with E-state index in [0.717, 1.165) is 0 Å². The van der Waals surface area contributed by atoms with Crippen LogP contribution in [0.2, 0.25) is 0 Å². The molecule has 0 amide bonds. The Morgan fingerprint density at radius 3 is 1.40 bits per heavy atom. The van der Waals surface area contributed by atoms with Crippen LogP contribution in [0.4, 0.5) is 0 Å². The Kier molecular flexibility index (Phi) is 4.28. The molecule has 0 heterocycles. The Morgan fingerprint density at radius 1 is 0.750 bits per heavy atom. The minimum absolute atomic E-state index is 0.0561. The summed E-state index contributed by atoms with van der Waals surface area (Å²) >= 11 is 4.97. The number of ether oxygens (including phenoxy) is 2.